The summed E-state index contributed by atoms with van der Waals surface area (Å²) in [7, 11) is 0. The Labute approximate surface area is 190 Å². The number of nitrogens with zero attached hydrogens (tertiary/aromatic N) is 2. The molecule has 180 valence electrons. The van der Waals surface area contributed by atoms with Crippen molar-refractivity contribution in [2.45, 2.75) is 137 Å². The second-order valence-corrected chi connectivity index (χ2v) is 12.1. The van der Waals surface area contributed by atoms with Crippen molar-refractivity contribution in [3.63, 3.8) is 0 Å². The summed E-state index contributed by atoms with van der Waals surface area (Å²) in [6, 6.07) is 0.723. The predicted octanol–water partition coefficient (Wildman–Crippen LogP) is 6.22. The average molecular weight is 439 g/mol. The summed E-state index contributed by atoms with van der Waals surface area (Å²) < 4.78 is 11.3. The normalized spacial score (nSPS) is 32.6. The van der Waals surface area contributed by atoms with Crippen LogP contribution in [0.4, 0.5) is 9.59 Å². The molecule has 2 aliphatic heterocycles. The number of amides is 2. The average Bonchev–Trinajstić information content (AvgIpc) is 2.49. The number of piperidine rings is 2. The Morgan fingerprint density at radius 3 is 1.13 bits per heavy atom. The molecular weight excluding hydrogens is 392 g/mol. The van der Waals surface area contributed by atoms with Gasteiger partial charge in [-0.15, -0.1) is 0 Å². The van der Waals surface area contributed by atoms with E-state index in [2.05, 4.69) is 27.7 Å². The van der Waals surface area contributed by atoms with Gasteiger partial charge in [-0.2, -0.15) is 0 Å². The summed E-state index contributed by atoms with van der Waals surface area (Å²) >= 11 is 0. The van der Waals surface area contributed by atoms with Crippen molar-refractivity contribution in [2.75, 3.05) is 0 Å². The van der Waals surface area contributed by atoms with Crippen LogP contribution in [0.3, 0.4) is 0 Å². The van der Waals surface area contributed by atoms with Gasteiger partial charge in [0.25, 0.3) is 0 Å². The molecule has 4 atom stereocenters. The Kier molecular flexibility index (Phi) is 7.97. The predicted molar refractivity (Wildman–Crippen MR) is 124 cm³/mol. The molecule has 0 aromatic rings. The van der Waals surface area contributed by atoms with E-state index in [1.165, 1.54) is 0 Å². The van der Waals surface area contributed by atoms with E-state index in [9.17, 15) is 9.59 Å². The summed E-state index contributed by atoms with van der Waals surface area (Å²) in [6.45, 7) is 20.1. The maximum Gasteiger partial charge on any atom is 0.410 e. The van der Waals surface area contributed by atoms with Crippen LogP contribution in [0.5, 0.6) is 0 Å². The van der Waals surface area contributed by atoms with Crippen LogP contribution < -0.4 is 0 Å². The minimum Gasteiger partial charge on any atom is -0.444 e. The first-order chi connectivity index (χ1) is 14.1. The SMILES string of the molecule is CC1CC(CC2CC(C)N(C(=O)OC(C)(C)C)C(C)C2)CC(C)N1C(=O)OC(C)(C)C. The van der Waals surface area contributed by atoms with Crippen LogP contribution in [-0.2, 0) is 9.47 Å². The van der Waals surface area contributed by atoms with Crippen molar-refractivity contribution < 1.29 is 19.1 Å². The summed E-state index contributed by atoms with van der Waals surface area (Å²) in [5, 5.41) is 0. The molecule has 0 saturated carbocycles. The lowest BCUT2D eigenvalue weighted by Crippen LogP contribution is -2.53. The van der Waals surface area contributed by atoms with E-state index in [1.54, 1.807) is 0 Å². The van der Waals surface area contributed by atoms with Gasteiger partial charge < -0.3 is 19.3 Å². The Bertz CT molecular complexity index is 558. The van der Waals surface area contributed by atoms with Gasteiger partial charge in [-0.05, 0) is 113 Å². The van der Waals surface area contributed by atoms with E-state index in [1.807, 2.05) is 51.3 Å². The van der Waals surface area contributed by atoms with E-state index >= 15 is 0 Å². The van der Waals surface area contributed by atoms with E-state index in [-0.39, 0.29) is 36.4 Å². The molecule has 4 unspecified atom stereocenters. The summed E-state index contributed by atoms with van der Waals surface area (Å²) in [5.74, 6) is 1.20. The topological polar surface area (TPSA) is 59.1 Å². The van der Waals surface area contributed by atoms with Gasteiger partial charge in [0.15, 0.2) is 0 Å². The summed E-state index contributed by atoms with van der Waals surface area (Å²) in [5.41, 5.74) is -0.941. The van der Waals surface area contributed by atoms with Crippen LogP contribution in [0.25, 0.3) is 0 Å². The Morgan fingerprint density at radius 2 is 0.903 bits per heavy atom. The third-order valence-electron chi connectivity index (χ3n) is 6.47. The fourth-order valence-corrected chi connectivity index (χ4v) is 5.65. The van der Waals surface area contributed by atoms with Crippen LogP contribution in [0.15, 0.2) is 0 Å². The first-order valence-electron chi connectivity index (χ1n) is 12.1. The molecule has 2 saturated heterocycles. The van der Waals surface area contributed by atoms with Gasteiger partial charge in [0.1, 0.15) is 11.2 Å². The standard InChI is InChI=1S/C25H46N2O4/c1-16-11-20(12-17(2)26(16)22(28)30-24(5,6)7)15-21-13-18(3)27(19(4)14-21)23(29)31-25(8,9)10/h16-21H,11-15H2,1-10H3. The molecule has 0 aromatic heterocycles. The highest BCUT2D eigenvalue weighted by Crippen LogP contribution is 2.38. The van der Waals surface area contributed by atoms with Crippen LogP contribution >= 0.6 is 0 Å². The minimum atomic E-state index is -0.470. The molecule has 31 heavy (non-hydrogen) atoms. The van der Waals surface area contributed by atoms with Gasteiger partial charge in [0.05, 0.1) is 0 Å². The zero-order chi connectivity index (χ0) is 23.7. The van der Waals surface area contributed by atoms with Crippen molar-refractivity contribution in [2.24, 2.45) is 11.8 Å². The first-order valence-corrected chi connectivity index (χ1v) is 12.1. The summed E-state index contributed by atoms with van der Waals surface area (Å²) in [4.78, 5) is 29.2. The van der Waals surface area contributed by atoms with Crippen LogP contribution in [0, 0.1) is 11.8 Å². The fraction of sp³-hybridized carbons (Fsp3) is 0.920. The Hall–Kier alpha value is -1.46. The number of rotatable bonds is 2. The molecule has 2 amide bonds. The number of hydrogen-bond donors (Lipinski definition) is 0. The van der Waals surface area contributed by atoms with Crippen molar-refractivity contribution in [1.29, 1.82) is 0 Å². The molecule has 0 spiro atoms. The minimum absolute atomic E-state index is 0.181. The lowest BCUT2D eigenvalue weighted by atomic mass is 9.76. The number of hydrogen-bond acceptors (Lipinski definition) is 4. The Balaban J connectivity index is 1.94. The number of ether oxygens (including phenoxy) is 2. The highest BCUT2D eigenvalue weighted by molar-refractivity contribution is 5.69. The van der Waals surface area contributed by atoms with E-state index in [0.717, 1.165) is 32.1 Å². The van der Waals surface area contributed by atoms with Gasteiger partial charge in [0, 0.05) is 24.2 Å². The number of carbonyl (C=O) groups is 2. The molecule has 0 bridgehead atoms. The molecule has 0 aromatic carbocycles. The molecule has 6 nitrogen and oxygen atoms in total. The fourth-order valence-electron chi connectivity index (χ4n) is 5.65. The van der Waals surface area contributed by atoms with E-state index in [4.69, 9.17) is 9.47 Å². The lowest BCUT2D eigenvalue weighted by Gasteiger charge is -2.46. The van der Waals surface area contributed by atoms with Crippen LogP contribution in [-0.4, -0.2) is 57.4 Å². The highest BCUT2D eigenvalue weighted by atomic mass is 16.6. The Morgan fingerprint density at radius 1 is 0.645 bits per heavy atom. The zero-order valence-corrected chi connectivity index (χ0v) is 21.5. The maximum absolute atomic E-state index is 12.7. The molecule has 0 N–H and O–H groups in total. The lowest BCUT2D eigenvalue weighted by molar-refractivity contribution is -0.0167. The maximum atomic E-state index is 12.7. The van der Waals surface area contributed by atoms with E-state index < -0.39 is 11.2 Å². The van der Waals surface area contributed by atoms with Gasteiger partial charge in [-0.25, -0.2) is 9.59 Å². The first kappa shape index (κ1) is 25.8. The highest BCUT2D eigenvalue weighted by Gasteiger charge is 2.40. The third kappa shape index (κ3) is 7.28. The summed E-state index contributed by atoms with van der Waals surface area (Å²) in [6.07, 6.45) is 4.82. The molecule has 0 aliphatic carbocycles. The second kappa shape index (κ2) is 9.58. The second-order valence-electron chi connectivity index (χ2n) is 12.1. The molecular formula is C25H46N2O4. The largest absolute Gasteiger partial charge is 0.444 e. The molecule has 2 fully saturated rings. The monoisotopic (exact) mass is 438 g/mol. The van der Waals surface area contributed by atoms with Gasteiger partial charge in [-0.1, -0.05) is 0 Å². The molecule has 2 heterocycles. The van der Waals surface area contributed by atoms with Crippen molar-refractivity contribution in [3.8, 4) is 0 Å². The van der Waals surface area contributed by atoms with Crippen molar-refractivity contribution in [1.82, 2.24) is 9.80 Å². The van der Waals surface area contributed by atoms with Crippen LogP contribution in [0.2, 0.25) is 0 Å². The smallest absolute Gasteiger partial charge is 0.410 e. The van der Waals surface area contributed by atoms with Gasteiger partial charge in [-0.3, -0.25) is 0 Å². The number of likely N-dealkylation sites (tertiary alicyclic amines) is 2. The van der Waals surface area contributed by atoms with E-state index in [0.29, 0.717) is 11.8 Å². The zero-order valence-electron chi connectivity index (χ0n) is 21.5. The number of carbonyl (C=O) groups excluding carboxylic acids is 2. The van der Waals surface area contributed by atoms with Crippen LogP contribution in [0.1, 0.15) is 101 Å². The molecule has 6 heteroatoms. The van der Waals surface area contributed by atoms with Gasteiger partial charge >= 0.3 is 12.2 Å². The third-order valence-corrected chi connectivity index (χ3v) is 6.47. The van der Waals surface area contributed by atoms with Gasteiger partial charge in [0.2, 0.25) is 0 Å². The molecule has 2 rings (SSSR count). The quantitative estimate of drug-likeness (QED) is 0.513. The van der Waals surface area contributed by atoms with Crippen molar-refractivity contribution >= 4 is 12.2 Å². The molecule has 2 aliphatic rings. The molecule has 0 radical (unpaired) electrons. The van der Waals surface area contributed by atoms with Crippen molar-refractivity contribution in [3.05, 3.63) is 0 Å².